The summed E-state index contributed by atoms with van der Waals surface area (Å²) in [5.74, 6) is 0. The van der Waals surface area contributed by atoms with E-state index in [9.17, 15) is 13.2 Å². The van der Waals surface area contributed by atoms with Gasteiger partial charge in [-0.3, -0.25) is 0 Å². The summed E-state index contributed by atoms with van der Waals surface area (Å²) in [5, 5.41) is -0.117. The first-order valence-electron chi connectivity index (χ1n) is 7.65. The van der Waals surface area contributed by atoms with E-state index < -0.39 is 18.2 Å². The van der Waals surface area contributed by atoms with E-state index in [0.29, 0.717) is 17.6 Å². The van der Waals surface area contributed by atoms with Crippen LogP contribution in [0.5, 0.6) is 0 Å². The maximum atomic E-state index is 14.0. The number of hydrogen-bond donors (Lipinski definition) is 0. The van der Waals surface area contributed by atoms with Gasteiger partial charge in [0, 0.05) is 12.0 Å². The lowest BCUT2D eigenvalue weighted by atomic mass is 9.86. The van der Waals surface area contributed by atoms with Crippen molar-refractivity contribution >= 4 is 40.4 Å². The fourth-order valence-corrected chi connectivity index (χ4v) is 3.46. The molecule has 0 aliphatic carbocycles. The van der Waals surface area contributed by atoms with Gasteiger partial charge >= 0.3 is 6.18 Å². The number of alkyl halides is 3. The first-order chi connectivity index (χ1) is 12.2. The average molecular weight is 421 g/mol. The first-order valence-corrected chi connectivity index (χ1v) is 8.78. The summed E-state index contributed by atoms with van der Waals surface area (Å²) in [6.45, 7) is 3.78. The summed E-state index contributed by atoms with van der Waals surface area (Å²) in [5.41, 5.74) is -0.679. The molecule has 0 fully saturated rings. The molecule has 137 valence electrons. The van der Waals surface area contributed by atoms with Crippen LogP contribution in [0, 0.1) is 6.92 Å². The maximum absolute atomic E-state index is 14.0. The third-order valence-electron chi connectivity index (χ3n) is 4.36. The van der Waals surface area contributed by atoms with E-state index in [1.165, 1.54) is 0 Å². The van der Waals surface area contributed by atoms with Crippen molar-refractivity contribution in [2.24, 2.45) is 0 Å². The zero-order chi connectivity index (χ0) is 19.1. The van der Waals surface area contributed by atoms with Crippen LogP contribution in [-0.2, 0) is 16.8 Å². The Morgan fingerprint density at radius 2 is 1.62 bits per heavy atom. The Morgan fingerprint density at radius 1 is 1.04 bits per heavy atom. The summed E-state index contributed by atoms with van der Waals surface area (Å²) in [4.78, 5) is 0. The molecule has 1 unspecified atom stereocenters. The van der Waals surface area contributed by atoms with Crippen molar-refractivity contribution in [1.82, 2.24) is 0 Å². The molecular formula is C19H13Cl3F3O. The fourth-order valence-electron chi connectivity index (χ4n) is 2.87. The Labute approximate surface area is 164 Å². The number of hydrogen-bond acceptors (Lipinski definition) is 1. The molecule has 2 aromatic rings. The molecule has 7 heteroatoms. The normalized spacial score (nSPS) is 20.0. The third-order valence-corrected chi connectivity index (χ3v) is 5.56. The number of rotatable bonds is 3. The molecule has 0 aromatic heterocycles. The van der Waals surface area contributed by atoms with Gasteiger partial charge < -0.3 is 4.74 Å². The monoisotopic (exact) mass is 419 g/mol. The van der Waals surface area contributed by atoms with Crippen LogP contribution in [0.4, 0.5) is 13.2 Å². The molecule has 0 saturated heterocycles. The molecule has 1 atom stereocenters. The molecule has 3 rings (SSSR count). The number of benzene rings is 2. The summed E-state index contributed by atoms with van der Waals surface area (Å²) >= 11 is 17.7. The minimum Gasteiger partial charge on any atom is -0.480 e. The van der Waals surface area contributed by atoms with Gasteiger partial charge in [0.05, 0.1) is 21.3 Å². The number of ether oxygens (including phenoxy) is 1. The largest absolute Gasteiger partial charge is 0.480 e. The molecule has 1 nitrogen and oxygen atoms in total. The van der Waals surface area contributed by atoms with Crippen LogP contribution in [0.2, 0.25) is 15.1 Å². The van der Waals surface area contributed by atoms with Crippen LogP contribution in [0.1, 0.15) is 23.1 Å². The molecule has 26 heavy (non-hydrogen) atoms. The Hall–Kier alpha value is -1.36. The minimum atomic E-state index is -4.68. The zero-order valence-corrected chi connectivity index (χ0v) is 15.6. The lowest BCUT2D eigenvalue weighted by molar-refractivity contribution is -0.260. The highest BCUT2D eigenvalue weighted by Gasteiger charge is 2.60. The molecule has 1 heterocycles. The van der Waals surface area contributed by atoms with Gasteiger partial charge in [-0.2, -0.15) is 13.2 Å². The van der Waals surface area contributed by atoms with Crippen molar-refractivity contribution in [3.05, 3.63) is 81.3 Å². The van der Waals surface area contributed by atoms with E-state index in [0.717, 1.165) is 24.0 Å². The van der Waals surface area contributed by atoms with Crippen molar-refractivity contribution in [3.8, 4) is 0 Å². The van der Waals surface area contributed by atoms with Gasteiger partial charge in [0.1, 0.15) is 0 Å². The predicted octanol–water partition coefficient (Wildman–Crippen LogP) is 7.24. The van der Waals surface area contributed by atoms with Crippen molar-refractivity contribution in [1.29, 1.82) is 0 Å². The number of halogens is 6. The van der Waals surface area contributed by atoms with Crippen LogP contribution in [0.3, 0.4) is 0 Å². The molecule has 1 aliphatic rings. The highest BCUT2D eigenvalue weighted by Crippen LogP contribution is 2.53. The molecular weight excluding hydrogens is 408 g/mol. The Morgan fingerprint density at radius 3 is 2.12 bits per heavy atom. The maximum Gasteiger partial charge on any atom is 0.432 e. The summed E-state index contributed by atoms with van der Waals surface area (Å²) in [7, 11) is 0. The van der Waals surface area contributed by atoms with Crippen LogP contribution >= 0.6 is 34.8 Å². The van der Waals surface area contributed by atoms with E-state index in [1.54, 1.807) is 12.1 Å². The quantitative estimate of drug-likeness (QED) is 0.475. The molecule has 2 aromatic carbocycles. The molecule has 0 amide bonds. The standard InChI is InChI=1S/C19H13Cl3F3O/c1-2-11-3-5-12(6-4-11)13-9-18(26-10-13,19(23,24)25)14-7-15(20)17(22)16(21)8-14/h3-8,10H,1-2,9H2. The summed E-state index contributed by atoms with van der Waals surface area (Å²) < 4.78 is 47.2. The smallest absolute Gasteiger partial charge is 0.432 e. The Kier molecular flexibility index (Phi) is 5.22. The highest BCUT2D eigenvalue weighted by molar-refractivity contribution is 6.48. The second-order valence-electron chi connectivity index (χ2n) is 5.96. The van der Waals surface area contributed by atoms with Gasteiger partial charge in [0.25, 0.3) is 0 Å². The lowest BCUT2D eigenvalue weighted by Crippen LogP contribution is -2.42. The SMILES string of the molecule is [CH2]Cc1ccc(C2=COC(c3cc(Cl)c(Cl)c(Cl)c3)(C(F)(F)F)C2)cc1. The second-order valence-corrected chi connectivity index (χ2v) is 7.16. The van der Waals surface area contributed by atoms with E-state index in [1.807, 2.05) is 12.1 Å². The van der Waals surface area contributed by atoms with E-state index in [-0.39, 0.29) is 20.6 Å². The van der Waals surface area contributed by atoms with Gasteiger partial charge in [-0.1, -0.05) is 59.1 Å². The van der Waals surface area contributed by atoms with Crippen molar-refractivity contribution in [3.63, 3.8) is 0 Å². The minimum absolute atomic E-state index is 0.00403. The average Bonchev–Trinajstić information content (AvgIpc) is 3.06. The van der Waals surface area contributed by atoms with Gasteiger partial charge in [-0.15, -0.1) is 0 Å². The zero-order valence-electron chi connectivity index (χ0n) is 13.3. The van der Waals surface area contributed by atoms with Crippen LogP contribution in [0.15, 0.2) is 42.7 Å². The highest BCUT2D eigenvalue weighted by atomic mass is 35.5. The van der Waals surface area contributed by atoms with Crippen LogP contribution < -0.4 is 0 Å². The summed E-state index contributed by atoms with van der Waals surface area (Å²) in [6, 6.07) is 9.45. The van der Waals surface area contributed by atoms with Crippen molar-refractivity contribution in [2.45, 2.75) is 24.6 Å². The molecule has 1 radical (unpaired) electrons. The fraction of sp³-hybridized carbons (Fsp3) is 0.211. The molecule has 0 bridgehead atoms. The van der Waals surface area contributed by atoms with Gasteiger partial charge in [0.2, 0.25) is 5.60 Å². The Bertz CT molecular complexity index is 836. The molecule has 0 spiro atoms. The van der Waals surface area contributed by atoms with Crippen LogP contribution in [0.25, 0.3) is 5.57 Å². The van der Waals surface area contributed by atoms with E-state index in [2.05, 4.69) is 6.92 Å². The second kappa shape index (κ2) is 6.99. The van der Waals surface area contributed by atoms with Gasteiger partial charge in [-0.25, -0.2) is 0 Å². The van der Waals surface area contributed by atoms with Crippen LogP contribution in [-0.4, -0.2) is 6.18 Å². The predicted molar refractivity (Wildman–Crippen MR) is 98.4 cm³/mol. The van der Waals surface area contributed by atoms with Crippen molar-refractivity contribution < 1.29 is 17.9 Å². The van der Waals surface area contributed by atoms with Gasteiger partial charge in [-0.05, 0) is 42.2 Å². The van der Waals surface area contributed by atoms with E-state index in [4.69, 9.17) is 39.5 Å². The summed E-state index contributed by atoms with van der Waals surface area (Å²) in [6.07, 6.45) is -3.33. The first kappa shape index (κ1) is 19.4. The molecule has 0 N–H and O–H groups in total. The van der Waals surface area contributed by atoms with E-state index >= 15 is 0 Å². The third kappa shape index (κ3) is 3.30. The van der Waals surface area contributed by atoms with Crippen molar-refractivity contribution in [2.75, 3.05) is 0 Å². The molecule has 1 aliphatic heterocycles. The topological polar surface area (TPSA) is 9.23 Å². The van der Waals surface area contributed by atoms with Gasteiger partial charge in [0.15, 0.2) is 0 Å². The Balaban J connectivity index is 2.02. The molecule has 0 saturated carbocycles. The lowest BCUT2D eigenvalue weighted by Gasteiger charge is -2.32.